The van der Waals surface area contributed by atoms with Gasteiger partial charge in [0.2, 0.25) is 0 Å². The summed E-state index contributed by atoms with van der Waals surface area (Å²) < 4.78 is 1.07. The Morgan fingerprint density at radius 3 is 3.08 bits per heavy atom. The van der Waals surface area contributed by atoms with Crippen molar-refractivity contribution in [3.05, 3.63) is 28.2 Å². The van der Waals surface area contributed by atoms with Gasteiger partial charge in [-0.15, -0.1) is 0 Å². The van der Waals surface area contributed by atoms with Crippen LogP contribution in [0.15, 0.2) is 27.7 Å². The molecule has 0 radical (unpaired) electrons. The molecule has 1 aliphatic carbocycles. The molecule has 1 aliphatic heterocycles. The topological polar surface area (TPSA) is 38.4 Å². The monoisotopic (exact) mass is 236 g/mol. The van der Waals surface area contributed by atoms with Crippen LogP contribution in [-0.4, -0.2) is 5.84 Å². The second-order valence-corrected chi connectivity index (χ2v) is 4.60. The van der Waals surface area contributed by atoms with Crippen LogP contribution in [0.2, 0.25) is 0 Å². The van der Waals surface area contributed by atoms with Gasteiger partial charge in [-0.25, -0.2) is 4.99 Å². The minimum atomic E-state index is 0.536. The molecule has 1 heterocycles. The highest BCUT2D eigenvalue weighted by Crippen LogP contribution is 2.53. The molecule has 1 fully saturated rings. The molecule has 1 aromatic carbocycles. The van der Waals surface area contributed by atoms with Crippen LogP contribution >= 0.6 is 15.9 Å². The van der Waals surface area contributed by atoms with Gasteiger partial charge in [0.15, 0.2) is 0 Å². The van der Waals surface area contributed by atoms with Crippen molar-refractivity contribution in [2.75, 3.05) is 0 Å². The second kappa shape index (κ2) is 2.35. The fourth-order valence-electron chi connectivity index (χ4n) is 2.01. The summed E-state index contributed by atoms with van der Waals surface area (Å²) in [6.07, 6.45) is 1.18. The maximum atomic E-state index is 5.82. The number of hydrogen-bond donors (Lipinski definition) is 1. The Bertz CT molecular complexity index is 411. The average Bonchev–Trinajstić information content (AvgIpc) is 2.83. The van der Waals surface area contributed by atoms with Crippen LogP contribution in [0.3, 0.4) is 0 Å². The van der Waals surface area contributed by atoms with E-state index >= 15 is 0 Å². The van der Waals surface area contributed by atoms with Crippen molar-refractivity contribution in [1.82, 2.24) is 0 Å². The van der Waals surface area contributed by atoms with Crippen LogP contribution in [0.4, 0.5) is 5.69 Å². The Morgan fingerprint density at radius 1 is 1.38 bits per heavy atom. The van der Waals surface area contributed by atoms with Crippen LogP contribution in [-0.2, 0) is 0 Å². The second-order valence-electron chi connectivity index (χ2n) is 3.69. The number of nitrogens with two attached hydrogens (primary N) is 1. The molecule has 0 saturated heterocycles. The molecule has 2 atom stereocenters. The molecule has 66 valence electrons. The van der Waals surface area contributed by atoms with E-state index in [1.54, 1.807) is 0 Å². The third kappa shape index (κ3) is 1.03. The van der Waals surface area contributed by atoms with Crippen molar-refractivity contribution >= 4 is 27.5 Å². The summed E-state index contributed by atoms with van der Waals surface area (Å²) in [7, 11) is 0. The van der Waals surface area contributed by atoms with E-state index in [1.807, 2.05) is 6.07 Å². The van der Waals surface area contributed by atoms with Crippen LogP contribution in [0, 0.1) is 5.92 Å². The zero-order valence-electron chi connectivity index (χ0n) is 7.00. The first kappa shape index (κ1) is 7.56. The van der Waals surface area contributed by atoms with Crippen molar-refractivity contribution in [3.63, 3.8) is 0 Å². The molecular weight excluding hydrogens is 228 g/mol. The normalized spacial score (nSPS) is 28.8. The Morgan fingerprint density at radius 2 is 2.23 bits per heavy atom. The van der Waals surface area contributed by atoms with Gasteiger partial charge in [-0.2, -0.15) is 0 Å². The van der Waals surface area contributed by atoms with Crippen molar-refractivity contribution in [2.45, 2.75) is 12.3 Å². The maximum Gasteiger partial charge on any atom is 0.103 e. The fourth-order valence-corrected chi connectivity index (χ4v) is 2.36. The lowest BCUT2D eigenvalue weighted by molar-refractivity contribution is 1.01. The van der Waals surface area contributed by atoms with Gasteiger partial charge in [0.25, 0.3) is 0 Å². The number of fused-ring (bicyclic) bond motifs is 3. The maximum absolute atomic E-state index is 5.82. The van der Waals surface area contributed by atoms with Crippen molar-refractivity contribution < 1.29 is 0 Å². The third-order valence-corrected chi connectivity index (χ3v) is 3.31. The SMILES string of the molecule is NC1=Nc2cc(Br)ccc2C2CC12. The largest absolute Gasteiger partial charge is 0.387 e. The Labute approximate surface area is 85.0 Å². The van der Waals surface area contributed by atoms with Crippen molar-refractivity contribution in [1.29, 1.82) is 0 Å². The first-order valence-electron chi connectivity index (χ1n) is 4.39. The minimum Gasteiger partial charge on any atom is -0.387 e. The zero-order chi connectivity index (χ0) is 9.00. The number of nitrogens with zero attached hydrogens (tertiary/aromatic N) is 1. The van der Waals surface area contributed by atoms with E-state index in [2.05, 4.69) is 33.1 Å². The highest BCUT2D eigenvalue weighted by Gasteiger charge is 2.44. The molecule has 3 heteroatoms. The van der Waals surface area contributed by atoms with Crippen LogP contribution < -0.4 is 5.73 Å². The highest BCUT2D eigenvalue weighted by atomic mass is 79.9. The predicted octanol–water partition coefficient (Wildman–Crippen LogP) is 2.55. The molecule has 0 aromatic heterocycles. The number of amidine groups is 1. The van der Waals surface area contributed by atoms with Crippen LogP contribution in [0.1, 0.15) is 17.9 Å². The number of halogens is 1. The predicted molar refractivity (Wildman–Crippen MR) is 56.3 cm³/mol. The first-order valence-corrected chi connectivity index (χ1v) is 5.18. The molecule has 2 N–H and O–H groups in total. The number of aliphatic imine (C=N–C) groups is 1. The molecule has 3 rings (SSSR count). The summed E-state index contributed by atoms with van der Waals surface area (Å²) in [5, 5.41) is 0. The Kier molecular flexibility index (Phi) is 1.37. The number of rotatable bonds is 0. The quantitative estimate of drug-likeness (QED) is 0.739. The molecule has 2 nitrogen and oxygen atoms in total. The van der Waals surface area contributed by atoms with Gasteiger partial charge < -0.3 is 5.73 Å². The first-order chi connectivity index (χ1) is 6.25. The zero-order valence-corrected chi connectivity index (χ0v) is 8.58. The van der Waals surface area contributed by atoms with E-state index in [1.165, 1.54) is 12.0 Å². The van der Waals surface area contributed by atoms with Crippen LogP contribution in [0.5, 0.6) is 0 Å². The lowest BCUT2D eigenvalue weighted by Gasteiger charge is -2.11. The van der Waals surface area contributed by atoms with E-state index in [4.69, 9.17) is 5.73 Å². The third-order valence-electron chi connectivity index (χ3n) is 2.81. The summed E-state index contributed by atoms with van der Waals surface area (Å²) in [5.74, 6) is 2.00. The summed E-state index contributed by atoms with van der Waals surface area (Å²) in [4.78, 5) is 4.39. The van der Waals surface area contributed by atoms with Crippen molar-refractivity contribution in [3.8, 4) is 0 Å². The summed E-state index contributed by atoms with van der Waals surface area (Å²) in [5.41, 5.74) is 8.23. The Hall–Kier alpha value is -0.830. The smallest absolute Gasteiger partial charge is 0.103 e. The minimum absolute atomic E-state index is 0.536. The lowest BCUT2D eigenvalue weighted by atomic mass is 10.0. The average molecular weight is 237 g/mol. The highest BCUT2D eigenvalue weighted by molar-refractivity contribution is 9.10. The summed E-state index contributed by atoms with van der Waals surface area (Å²) in [6.45, 7) is 0. The Balaban J connectivity index is 2.21. The molecular formula is C10H9BrN2. The molecule has 1 aromatic rings. The van der Waals surface area contributed by atoms with Gasteiger partial charge in [0, 0.05) is 10.4 Å². The van der Waals surface area contributed by atoms with Gasteiger partial charge in [-0.1, -0.05) is 22.0 Å². The van der Waals surface area contributed by atoms with E-state index in [0.717, 1.165) is 16.0 Å². The van der Waals surface area contributed by atoms with Crippen LogP contribution in [0.25, 0.3) is 0 Å². The fraction of sp³-hybridized carbons (Fsp3) is 0.300. The molecule has 0 spiro atoms. The van der Waals surface area contributed by atoms with Crippen molar-refractivity contribution in [2.24, 2.45) is 16.6 Å². The summed E-state index contributed by atoms with van der Waals surface area (Å²) >= 11 is 3.43. The standard InChI is InChI=1S/C10H9BrN2/c11-5-1-2-6-7-4-8(7)10(12)13-9(6)3-5/h1-3,7-8H,4H2,(H2,12,13). The van der Waals surface area contributed by atoms with E-state index < -0.39 is 0 Å². The van der Waals surface area contributed by atoms with Gasteiger partial charge in [-0.3, -0.25) is 0 Å². The molecule has 2 unspecified atom stereocenters. The van der Waals surface area contributed by atoms with E-state index in [9.17, 15) is 0 Å². The molecule has 13 heavy (non-hydrogen) atoms. The summed E-state index contributed by atoms with van der Waals surface area (Å²) in [6, 6.07) is 6.27. The van der Waals surface area contributed by atoms with Gasteiger partial charge >= 0.3 is 0 Å². The number of hydrogen-bond acceptors (Lipinski definition) is 2. The van der Waals surface area contributed by atoms with Gasteiger partial charge in [0.05, 0.1) is 5.69 Å². The molecule has 1 saturated carbocycles. The molecule has 2 aliphatic rings. The molecule has 0 amide bonds. The lowest BCUT2D eigenvalue weighted by Crippen LogP contribution is -2.16. The van der Waals surface area contributed by atoms with Gasteiger partial charge in [0.1, 0.15) is 5.84 Å². The number of benzene rings is 1. The molecule has 0 bridgehead atoms. The van der Waals surface area contributed by atoms with E-state index in [0.29, 0.717) is 11.8 Å². The van der Waals surface area contributed by atoms with E-state index in [-0.39, 0.29) is 0 Å². The van der Waals surface area contributed by atoms with Gasteiger partial charge in [-0.05, 0) is 30.0 Å².